The van der Waals surface area contributed by atoms with E-state index < -0.39 is 17.8 Å². The van der Waals surface area contributed by atoms with Crippen LogP contribution >= 0.6 is 11.3 Å². The second-order valence-electron chi connectivity index (χ2n) is 8.01. The van der Waals surface area contributed by atoms with Gasteiger partial charge in [0.15, 0.2) is 11.6 Å². The quantitative estimate of drug-likeness (QED) is 0.338. The van der Waals surface area contributed by atoms with Crippen LogP contribution in [0.5, 0.6) is 11.5 Å². The van der Waals surface area contributed by atoms with Crippen molar-refractivity contribution in [3.05, 3.63) is 89.2 Å². The molecule has 0 atom stereocenters. The van der Waals surface area contributed by atoms with E-state index in [4.69, 9.17) is 10.5 Å². The van der Waals surface area contributed by atoms with Crippen molar-refractivity contribution in [1.29, 1.82) is 0 Å². The predicted molar refractivity (Wildman–Crippen MR) is 138 cm³/mol. The fraction of sp³-hybridized carbons (Fsp3) is 0.115. The molecule has 10 heteroatoms. The van der Waals surface area contributed by atoms with Crippen molar-refractivity contribution in [3.8, 4) is 11.5 Å². The topological polar surface area (TPSA) is 110 Å². The molecule has 2 aromatic heterocycles. The average Bonchev–Trinajstić information content (AvgIpc) is 3.35. The molecular weight excluding hydrogens is 481 g/mol. The van der Waals surface area contributed by atoms with Crippen LogP contribution in [0, 0.1) is 5.82 Å². The molecule has 0 bridgehead atoms. The van der Waals surface area contributed by atoms with Gasteiger partial charge in [0.2, 0.25) is 0 Å². The number of benzene rings is 2. The number of carbonyl (C=O) groups excluding carboxylic acids is 2. The lowest BCUT2D eigenvalue weighted by molar-refractivity contribution is 0.0950. The number of pyridine rings is 1. The van der Waals surface area contributed by atoms with E-state index in [1.54, 1.807) is 53.9 Å². The van der Waals surface area contributed by atoms with Gasteiger partial charge in [0.25, 0.3) is 5.91 Å². The van der Waals surface area contributed by atoms with Gasteiger partial charge >= 0.3 is 6.03 Å². The van der Waals surface area contributed by atoms with E-state index >= 15 is 4.39 Å². The third kappa shape index (κ3) is 4.90. The van der Waals surface area contributed by atoms with Gasteiger partial charge in [-0.3, -0.25) is 15.2 Å². The highest BCUT2D eigenvalue weighted by Gasteiger charge is 2.20. The summed E-state index contributed by atoms with van der Waals surface area (Å²) in [5.41, 5.74) is 10.2. The number of fused-ring (bicyclic) bond motifs is 1. The number of halogens is 1. The average molecular weight is 504 g/mol. The molecule has 0 saturated heterocycles. The Balaban J connectivity index is 1.39. The van der Waals surface area contributed by atoms with Gasteiger partial charge < -0.3 is 15.8 Å². The van der Waals surface area contributed by atoms with Crippen LogP contribution in [-0.4, -0.2) is 30.0 Å². The predicted octanol–water partition coefficient (Wildman–Crippen LogP) is 4.83. The first-order chi connectivity index (χ1) is 17.5. The van der Waals surface area contributed by atoms with Gasteiger partial charge in [-0.1, -0.05) is 24.3 Å². The van der Waals surface area contributed by atoms with Crippen molar-refractivity contribution >= 4 is 44.8 Å². The molecule has 182 valence electrons. The van der Waals surface area contributed by atoms with Crippen molar-refractivity contribution < 1.29 is 18.7 Å². The van der Waals surface area contributed by atoms with Crippen molar-refractivity contribution in [2.45, 2.75) is 6.42 Å². The molecule has 0 unspecified atom stereocenters. The summed E-state index contributed by atoms with van der Waals surface area (Å²) in [4.78, 5) is 30.0. The standard InChI is InChI=1S/C26H22FN5O3S/c27-19-14-18(32(26(28)34)31-25(33)17-4-2-1-3-5-17)6-7-21(19)35-22-10-13-30-20-15-23(36-24(20)22)16-8-11-29-12-9-16/h1-8,10,13-15,29H,9,11-12H2,(H2,28,34)(H,31,33). The molecule has 8 nitrogen and oxygen atoms in total. The maximum atomic E-state index is 15.1. The van der Waals surface area contributed by atoms with Crippen LogP contribution in [0.15, 0.2) is 72.9 Å². The van der Waals surface area contributed by atoms with Crippen molar-refractivity contribution in [1.82, 2.24) is 15.7 Å². The van der Waals surface area contributed by atoms with E-state index in [-0.39, 0.29) is 11.4 Å². The zero-order valence-electron chi connectivity index (χ0n) is 19.0. The van der Waals surface area contributed by atoms with E-state index in [0.29, 0.717) is 11.3 Å². The summed E-state index contributed by atoms with van der Waals surface area (Å²) in [5.74, 6) is -0.857. The van der Waals surface area contributed by atoms with Gasteiger partial charge in [0.1, 0.15) is 5.75 Å². The van der Waals surface area contributed by atoms with E-state index in [0.717, 1.165) is 45.7 Å². The Hall–Kier alpha value is -4.28. The number of rotatable bonds is 5. The normalized spacial score (nSPS) is 13.2. The lowest BCUT2D eigenvalue weighted by Gasteiger charge is -2.21. The minimum atomic E-state index is -0.971. The molecule has 0 radical (unpaired) electrons. The van der Waals surface area contributed by atoms with E-state index in [2.05, 4.69) is 21.8 Å². The number of nitrogens with two attached hydrogens (primary N) is 1. The number of anilines is 1. The van der Waals surface area contributed by atoms with Gasteiger partial charge in [-0.25, -0.2) is 14.2 Å². The Morgan fingerprint density at radius 2 is 1.94 bits per heavy atom. The Labute approximate surface area is 210 Å². The summed E-state index contributed by atoms with van der Waals surface area (Å²) in [5, 5.41) is 4.08. The van der Waals surface area contributed by atoms with Crippen LogP contribution in [0.2, 0.25) is 0 Å². The molecule has 1 aliphatic rings. The first kappa shape index (κ1) is 23.5. The number of nitrogens with zero attached hydrogens (tertiary/aromatic N) is 2. The molecule has 0 aliphatic carbocycles. The van der Waals surface area contributed by atoms with Crippen molar-refractivity contribution in [2.24, 2.45) is 5.73 Å². The van der Waals surface area contributed by atoms with E-state index in [1.807, 2.05) is 6.07 Å². The third-order valence-corrected chi connectivity index (χ3v) is 6.83. The maximum absolute atomic E-state index is 15.1. The molecule has 3 amide bonds. The van der Waals surface area contributed by atoms with Crippen LogP contribution in [0.25, 0.3) is 15.8 Å². The summed E-state index contributed by atoms with van der Waals surface area (Å²) in [6.07, 6.45) is 4.70. The summed E-state index contributed by atoms with van der Waals surface area (Å²) in [6.45, 7) is 1.74. The second-order valence-corrected chi connectivity index (χ2v) is 9.07. The molecular formula is C26H22FN5O3S. The summed E-state index contributed by atoms with van der Waals surface area (Å²) in [6, 6.07) is 14.9. The number of hydrogen-bond acceptors (Lipinski definition) is 6. The number of aromatic nitrogens is 1. The van der Waals surface area contributed by atoms with E-state index in [1.165, 1.54) is 17.7 Å². The van der Waals surface area contributed by atoms with Crippen LogP contribution in [-0.2, 0) is 0 Å². The Bertz CT molecular complexity index is 1470. The largest absolute Gasteiger partial charge is 0.453 e. The molecule has 1 aliphatic heterocycles. The Morgan fingerprint density at radius 1 is 1.11 bits per heavy atom. The first-order valence-corrected chi connectivity index (χ1v) is 12.0. The zero-order chi connectivity index (χ0) is 25.1. The molecule has 0 fully saturated rings. The van der Waals surface area contributed by atoms with Crippen molar-refractivity contribution in [2.75, 3.05) is 18.1 Å². The summed E-state index contributed by atoms with van der Waals surface area (Å²) < 4.78 is 21.8. The number of carbonyl (C=O) groups is 2. The highest BCUT2D eigenvalue weighted by Crippen LogP contribution is 2.39. The molecule has 2 aromatic carbocycles. The number of urea groups is 1. The minimum Gasteiger partial charge on any atom is -0.453 e. The molecule has 36 heavy (non-hydrogen) atoms. The minimum absolute atomic E-state index is 0.0407. The van der Waals surface area contributed by atoms with Gasteiger partial charge in [-0.2, -0.15) is 0 Å². The molecule has 4 N–H and O–H groups in total. The van der Waals surface area contributed by atoms with E-state index in [9.17, 15) is 9.59 Å². The lowest BCUT2D eigenvalue weighted by atomic mass is 10.1. The Kier molecular flexibility index (Phi) is 6.61. The van der Waals surface area contributed by atoms with Gasteiger partial charge in [0.05, 0.1) is 15.9 Å². The lowest BCUT2D eigenvalue weighted by Crippen LogP contribution is -2.49. The summed E-state index contributed by atoms with van der Waals surface area (Å²) in [7, 11) is 0. The van der Waals surface area contributed by atoms with Crippen LogP contribution in [0.1, 0.15) is 21.7 Å². The SMILES string of the molecule is NC(=O)N(NC(=O)c1ccccc1)c1ccc(Oc2ccnc3cc(C4=CCNCC4)sc23)c(F)c1. The molecule has 0 spiro atoms. The highest BCUT2D eigenvalue weighted by atomic mass is 32.1. The number of nitrogens with one attached hydrogen (secondary N) is 2. The number of thiophene rings is 1. The number of ether oxygens (including phenoxy) is 1. The molecule has 0 saturated carbocycles. The fourth-order valence-corrected chi connectivity index (χ4v) is 4.97. The molecule has 5 rings (SSSR count). The second kappa shape index (κ2) is 10.1. The summed E-state index contributed by atoms with van der Waals surface area (Å²) >= 11 is 1.55. The number of hydrazine groups is 1. The number of hydrogen-bond donors (Lipinski definition) is 3. The fourth-order valence-electron chi connectivity index (χ4n) is 3.83. The van der Waals surface area contributed by atoms with Gasteiger partial charge in [-0.05, 0) is 48.9 Å². The first-order valence-electron chi connectivity index (χ1n) is 11.2. The van der Waals surface area contributed by atoms with Gasteiger partial charge in [-0.15, -0.1) is 11.3 Å². The zero-order valence-corrected chi connectivity index (χ0v) is 19.8. The maximum Gasteiger partial charge on any atom is 0.338 e. The number of primary amides is 1. The van der Waals surface area contributed by atoms with Crippen LogP contribution in [0.4, 0.5) is 14.9 Å². The highest BCUT2D eigenvalue weighted by molar-refractivity contribution is 7.20. The third-order valence-electron chi connectivity index (χ3n) is 5.62. The van der Waals surface area contributed by atoms with Crippen LogP contribution < -0.4 is 26.2 Å². The Morgan fingerprint density at radius 3 is 2.67 bits per heavy atom. The smallest absolute Gasteiger partial charge is 0.338 e. The monoisotopic (exact) mass is 503 g/mol. The molecule has 4 aromatic rings. The molecule has 3 heterocycles. The van der Waals surface area contributed by atoms with Crippen molar-refractivity contribution in [3.63, 3.8) is 0 Å². The van der Waals surface area contributed by atoms with Crippen LogP contribution in [0.3, 0.4) is 0 Å². The van der Waals surface area contributed by atoms with Gasteiger partial charge in [0, 0.05) is 35.3 Å². The number of amides is 3.